The Kier molecular flexibility index (Phi) is 4.78. The van der Waals surface area contributed by atoms with E-state index < -0.39 is 11.4 Å². The molecule has 0 atom stereocenters. The molecule has 3 aromatic rings. The zero-order valence-electron chi connectivity index (χ0n) is 16.1. The number of aromatic nitrogens is 1. The fourth-order valence-electron chi connectivity index (χ4n) is 4.10. The summed E-state index contributed by atoms with van der Waals surface area (Å²) in [5.74, 6) is -1.40. The summed E-state index contributed by atoms with van der Waals surface area (Å²) in [5, 5.41) is 10.6. The third kappa shape index (κ3) is 3.35. The number of pyridine rings is 1. The summed E-state index contributed by atoms with van der Waals surface area (Å²) in [4.78, 5) is 31.3. The zero-order chi connectivity index (χ0) is 20.6. The average molecular weight is 392 g/mol. The molecule has 1 amide bonds. The number of piperidine rings is 1. The van der Waals surface area contributed by atoms with Gasteiger partial charge in [-0.3, -0.25) is 14.6 Å². The van der Waals surface area contributed by atoms with Crippen LogP contribution in [0.25, 0.3) is 10.9 Å². The molecule has 0 aliphatic carbocycles. The monoisotopic (exact) mass is 392 g/mol. The van der Waals surface area contributed by atoms with Gasteiger partial charge in [-0.05, 0) is 43.5 Å². The van der Waals surface area contributed by atoms with E-state index in [9.17, 15) is 19.1 Å². The highest BCUT2D eigenvalue weighted by molar-refractivity contribution is 5.99. The predicted octanol–water partition coefficient (Wildman–Crippen LogP) is 3.94. The molecule has 1 aliphatic rings. The second kappa shape index (κ2) is 7.28. The lowest BCUT2D eigenvalue weighted by atomic mass is 9.72. The molecule has 29 heavy (non-hydrogen) atoms. The van der Waals surface area contributed by atoms with Crippen LogP contribution >= 0.6 is 0 Å². The number of carbonyl (C=O) groups excluding carboxylic acids is 1. The highest BCUT2D eigenvalue weighted by atomic mass is 19.1. The molecule has 0 spiro atoms. The fourth-order valence-corrected chi connectivity index (χ4v) is 4.10. The number of hydrogen-bond acceptors (Lipinski definition) is 3. The van der Waals surface area contributed by atoms with E-state index in [1.165, 1.54) is 12.1 Å². The van der Waals surface area contributed by atoms with Gasteiger partial charge >= 0.3 is 5.97 Å². The van der Waals surface area contributed by atoms with Gasteiger partial charge in [0.1, 0.15) is 5.82 Å². The molecule has 0 bridgehead atoms. The van der Waals surface area contributed by atoms with Crippen molar-refractivity contribution < 1.29 is 19.1 Å². The van der Waals surface area contributed by atoms with E-state index >= 15 is 0 Å². The van der Waals surface area contributed by atoms with E-state index in [1.807, 2.05) is 30.3 Å². The molecule has 6 heteroatoms. The van der Waals surface area contributed by atoms with Crippen LogP contribution in [0, 0.1) is 12.7 Å². The van der Waals surface area contributed by atoms with Crippen LogP contribution in [-0.4, -0.2) is 40.0 Å². The summed E-state index contributed by atoms with van der Waals surface area (Å²) >= 11 is 0. The standard InChI is InChI=1S/C23H21FN2O3/c1-15-19(13-16-7-8-18(24)14-20(16)25-15)21(27)26-11-9-23(10-12-26,22(28)29)17-5-3-2-4-6-17/h2-8,13-14H,9-12H2,1H3,(H,28,29). The van der Waals surface area contributed by atoms with Crippen LogP contribution in [0.3, 0.4) is 0 Å². The second-order valence-corrected chi connectivity index (χ2v) is 7.50. The van der Waals surface area contributed by atoms with Crippen molar-refractivity contribution in [3.63, 3.8) is 0 Å². The van der Waals surface area contributed by atoms with Gasteiger partial charge < -0.3 is 10.0 Å². The van der Waals surface area contributed by atoms with Crippen LogP contribution in [0.4, 0.5) is 4.39 Å². The van der Waals surface area contributed by atoms with Crippen molar-refractivity contribution in [3.8, 4) is 0 Å². The summed E-state index contributed by atoms with van der Waals surface area (Å²) in [6.45, 7) is 2.43. The SMILES string of the molecule is Cc1nc2cc(F)ccc2cc1C(=O)N1CCC(C(=O)O)(c2ccccc2)CC1. The van der Waals surface area contributed by atoms with Gasteiger partial charge in [-0.1, -0.05) is 30.3 Å². The fraction of sp³-hybridized carbons (Fsp3) is 0.261. The second-order valence-electron chi connectivity index (χ2n) is 7.50. The number of benzene rings is 2. The number of rotatable bonds is 3. The first-order valence-corrected chi connectivity index (χ1v) is 9.56. The number of likely N-dealkylation sites (tertiary alicyclic amines) is 1. The minimum absolute atomic E-state index is 0.173. The molecule has 4 rings (SSSR count). The lowest BCUT2D eigenvalue weighted by Gasteiger charge is -2.39. The number of carbonyl (C=O) groups is 2. The average Bonchev–Trinajstić information content (AvgIpc) is 2.73. The topological polar surface area (TPSA) is 70.5 Å². The number of fused-ring (bicyclic) bond motifs is 1. The maximum Gasteiger partial charge on any atom is 0.314 e. The van der Waals surface area contributed by atoms with Crippen molar-refractivity contribution in [2.24, 2.45) is 0 Å². The van der Waals surface area contributed by atoms with Crippen LogP contribution in [0.1, 0.15) is 34.5 Å². The largest absolute Gasteiger partial charge is 0.481 e. The van der Waals surface area contributed by atoms with Crippen molar-refractivity contribution in [1.29, 1.82) is 0 Å². The summed E-state index contributed by atoms with van der Waals surface area (Å²) < 4.78 is 13.4. The van der Waals surface area contributed by atoms with Crippen LogP contribution in [0.5, 0.6) is 0 Å². The quantitative estimate of drug-likeness (QED) is 0.733. The Morgan fingerprint density at radius 2 is 1.76 bits per heavy atom. The van der Waals surface area contributed by atoms with Crippen molar-refractivity contribution in [1.82, 2.24) is 9.88 Å². The number of aryl methyl sites for hydroxylation is 1. The maximum atomic E-state index is 13.4. The molecule has 1 saturated heterocycles. The number of halogens is 1. The third-order valence-corrected chi connectivity index (χ3v) is 5.84. The van der Waals surface area contributed by atoms with E-state index in [0.717, 1.165) is 5.56 Å². The Labute approximate surface area is 167 Å². The Hall–Kier alpha value is -3.28. The first kappa shape index (κ1) is 19.1. The highest BCUT2D eigenvalue weighted by Gasteiger charge is 2.44. The number of hydrogen-bond donors (Lipinski definition) is 1. The van der Waals surface area contributed by atoms with Gasteiger partial charge in [-0.15, -0.1) is 0 Å². The predicted molar refractivity (Wildman–Crippen MR) is 107 cm³/mol. The molecule has 2 heterocycles. The summed E-state index contributed by atoms with van der Waals surface area (Å²) in [6.07, 6.45) is 0.701. The normalized spacial score (nSPS) is 16.0. The first-order valence-electron chi connectivity index (χ1n) is 9.56. The van der Waals surface area contributed by atoms with Gasteiger partial charge in [0.15, 0.2) is 0 Å². The number of aliphatic carboxylic acids is 1. The summed E-state index contributed by atoms with van der Waals surface area (Å²) in [5.41, 5.74) is 1.29. The van der Waals surface area contributed by atoms with Gasteiger partial charge in [-0.2, -0.15) is 0 Å². The molecule has 0 radical (unpaired) electrons. The van der Waals surface area contributed by atoms with Crippen LogP contribution < -0.4 is 0 Å². The smallest absolute Gasteiger partial charge is 0.314 e. The molecular formula is C23H21FN2O3. The number of carboxylic acid groups (broad SMARTS) is 1. The zero-order valence-corrected chi connectivity index (χ0v) is 16.1. The number of nitrogens with zero attached hydrogens (tertiary/aromatic N) is 2. The van der Waals surface area contributed by atoms with Crippen molar-refractivity contribution in [3.05, 3.63) is 77.2 Å². The molecule has 1 aliphatic heterocycles. The third-order valence-electron chi connectivity index (χ3n) is 5.84. The highest BCUT2D eigenvalue weighted by Crippen LogP contribution is 2.36. The molecule has 0 unspecified atom stereocenters. The minimum atomic E-state index is -0.980. The Morgan fingerprint density at radius 3 is 2.41 bits per heavy atom. The van der Waals surface area contributed by atoms with Gasteiger partial charge in [0.25, 0.3) is 5.91 Å². The lowest BCUT2D eigenvalue weighted by Crippen LogP contribution is -2.49. The van der Waals surface area contributed by atoms with Crippen molar-refractivity contribution in [2.45, 2.75) is 25.2 Å². The van der Waals surface area contributed by atoms with Gasteiger partial charge in [0, 0.05) is 24.5 Å². The molecule has 1 N–H and O–H groups in total. The maximum absolute atomic E-state index is 13.4. The van der Waals surface area contributed by atoms with E-state index in [0.29, 0.717) is 48.1 Å². The molecule has 0 saturated carbocycles. The summed E-state index contributed by atoms with van der Waals surface area (Å²) in [6, 6.07) is 15.2. The first-order chi connectivity index (χ1) is 13.9. The van der Waals surface area contributed by atoms with Crippen LogP contribution in [-0.2, 0) is 10.2 Å². The van der Waals surface area contributed by atoms with Crippen molar-refractivity contribution >= 4 is 22.8 Å². The van der Waals surface area contributed by atoms with Gasteiger partial charge in [0.05, 0.1) is 22.2 Å². The molecule has 1 aromatic heterocycles. The van der Waals surface area contributed by atoms with Gasteiger partial charge in [-0.25, -0.2) is 4.39 Å². The number of carboxylic acids is 1. The minimum Gasteiger partial charge on any atom is -0.481 e. The Balaban J connectivity index is 1.59. The van der Waals surface area contributed by atoms with Crippen molar-refractivity contribution in [2.75, 3.05) is 13.1 Å². The van der Waals surface area contributed by atoms with Gasteiger partial charge in [0.2, 0.25) is 0 Å². The molecule has 1 fully saturated rings. The van der Waals surface area contributed by atoms with E-state index in [2.05, 4.69) is 4.98 Å². The molecule has 148 valence electrons. The lowest BCUT2D eigenvalue weighted by molar-refractivity contribution is -0.145. The Bertz CT molecular complexity index is 1090. The van der Waals surface area contributed by atoms with Crippen LogP contribution in [0.15, 0.2) is 54.6 Å². The van der Waals surface area contributed by atoms with E-state index in [4.69, 9.17) is 0 Å². The number of amides is 1. The summed E-state index contributed by atoms with van der Waals surface area (Å²) in [7, 11) is 0. The van der Waals surface area contributed by atoms with Crippen LogP contribution in [0.2, 0.25) is 0 Å². The Morgan fingerprint density at radius 1 is 1.07 bits per heavy atom. The van der Waals surface area contributed by atoms with E-state index in [-0.39, 0.29) is 11.7 Å². The van der Waals surface area contributed by atoms with E-state index in [1.54, 1.807) is 24.0 Å². The molecule has 2 aromatic carbocycles. The molecule has 5 nitrogen and oxygen atoms in total. The molecular weight excluding hydrogens is 371 g/mol.